The minimum atomic E-state index is -0.494. The highest BCUT2D eigenvalue weighted by atomic mass is 35.5. The second-order valence-corrected chi connectivity index (χ2v) is 10.8. The van der Waals surface area contributed by atoms with Crippen molar-refractivity contribution in [3.8, 4) is 34.3 Å². The standard InChI is InChI=1S/C17H14ClFN4O.C16H12ClFN4O/c1-10-8-20-6-5-14(10)22-17-15(24-2)9-21-16(23-17)12-7-11(18)3-4-13(12)19;1-9-7-19-5-4-13(9)21-16-14(23)8-20-15(22-16)11-6-10(17)2-3-12(11)18/h3-9H,1-2H3,(H,20,21,22,23);2-8,23H,1H3,(H,19,20,21,22). The van der Waals surface area contributed by atoms with Gasteiger partial charge in [-0.3, -0.25) is 9.97 Å². The third-order valence-electron chi connectivity index (χ3n) is 6.63. The van der Waals surface area contributed by atoms with Crippen molar-refractivity contribution in [1.82, 2.24) is 29.9 Å². The number of pyridine rings is 2. The third kappa shape index (κ3) is 8.04. The fourth-order valence-electron chi connectivity index (χ4n) is 4.16. The van der Waals surface area contributed by atoms with Gasteiger partial charge >= 0.3 is 0 Å². The molecule has 0 saturated carbocycles. The fourth-order valence-corrected chi connectivity index (χ4v) is 4.50. The van der Waals surface area contributed by atoms with Crippen LogP contribution in [0.3, 0.4) is 0 Å². The van der Waals surface area contributed by atoms with Crippen molar-refractivity contribution in [2.75, 3.05) is 17.7 Å². The molecule has 0 aliphatic heterocycles. The van der Waals surface area contributed by atoms with Crippen molar-refractivity contribution in [2.45, 2.75) is 13.8 Å². The molecule has 10 nitrogen and oxygen atoms in total. The maximum atomic E-state index is 14.1. The van der Waals surface area contributed by atoms with Crippen LogP contribution in [0.1, 0.15) is 11.1 Å². The van der Waals surface area contributed by atoms with Gasteiger partial charge in [-0.1, -0.05) is 23.2 Å². The summed E-state index contributed by atoms with van der Waals surface area (Å²) in [5.41, 5.74) is 3.74. The van der Waals surface area contributed by atoms with Gasteiger partial charge in [0.2, 0.25) is 0 Å². The average Bonchev–Trinajstić information content (AvgIpc) is 3.07. The Bertz CT molecular complexity index is 2050. The number of hydrogen-bond donors (Lipinski definition) is 3. The molecule has 0 fully saturated rings. The molecular formula is C33H26Cl2F2N8O2. The monoisotopic (exact) mass is 674 g/mol. The molecule has 0 saturated heterocycles. The lowest BCUT2D eigenvalue weighted by Crippen LogP contribution is -2.02. The van der Waals surface area contributed by atoms with Crippen molar-refractivity contribution in [1.29, 1.82) is 0 Å². The van der Waals surface area contributed by atoms with Crippen LogP contribution in [-0.2, 0) is 0 Å². The average molecular weight is 676 g/mol. The Morgan fingerprint density at radius 1 is 0.681 bits per heavy atom. The van der Waals surface area contributed by atoms with Gasteiger partial charge in [0.1, 0.15) is 11.6 Å². The summed E-state index contributed by atoms with van der Waals surface area (Å²) in [6.07, 6.45) is 9.39. The molecule has 238 valence electrons. The number of aromatic hydroxyl groups is 1. The van der Waals surface area contributed by atoms with E-state index in [9.17, 15) is 13.9 Å². The molecule has 0 spiro atoms. The summed E-state index contributed by atoms with van der Waals surface area (Å²) in [6, 6.07) is 11.9. The Hall–Kier alpha value is -5.46. The van der Waals surface area contributed by atoms with Gasteiger partial charge in [0.05, 0.1) is 30.6 Å². The molecule has 2 aromatic carbocycles. The van der Waals surface area contributed by atoms with Crippen molar-refractivity contribution in [3.63, 3.8) is 0 Å². The van der Waals surface area contributed by atoms with Gasteiger partial charge in [-0.15, -0.1) is 0 Å². The second kappa shape index (κ2) is 14.8. The Morgan fingerprint density at radius 3 is 1.68 bits per heavy atom. The van der Waals surface area contributed by atoms with Gasteiger partial charge in [0.15, 0.2) is 34.8 Å². The molecule has 3 N–H and O–H groups in total. The van der Waals surface area contributed by atoms with E-state index in [4.69, 9.17) is 27.9 Å². The molecule has 0 atom stereocenters. The van der Waals surface area contributed by atoms with Crippen LogP contribution in [0.15, 0.2) is 85.7 Å². The number of aryl methyl sites for hydroxylation is 2. The maximum absolute atomic E-state index is 14.1. The molecule has 0 amide bonds. The third-order valence-corrected chi connectivity index (χ3v) is 7.10. The number of ether oxygens (including phenoxy) is 1. The number of benzene rings is 2. The molecule has 4 heterocycles. The number of rotatable bonds is 7. The Balaban J connectivity index is 0.000000185. The van der Waals surface area contributed by atoms with E-state index in [0.717, 1.165) is 22.5 Å². The zero-order valence-corrected chi connectivity index (χ0v) is 26.6. The summed E-state index contributed by atoms with van der Waals surface area (Å²) in [5.74, 6) is 0.286. The highest BCUT2D eigenvalue weighted by molar-refractivity contribution is 6.31. The van der Waals surface area contributed by atoms with Crippen molar-refractivity contribution < 1.29 is 18.6 Å². The van der Waals surface area contributed by atoms with E-state index in [1.54, 1.807) is 30.9 Å². The van der Waals surface area contributed by atoms with E-state index >= 15 is 0 Å². The van der Waals surface area contributed by atoms with Crippen LogP contribution in [0.2, 0.25) is 10.0 Å². The van der Waals surface area contributed by atoms with Crippen LogP contribution in [0.25, 0.3) is 22.8 Å². The second-order valence-electron chi connectivity index (χ2n) is 9.92. The number of nitrogens with zero attached hydrogens (tertiary/aromatic N) is 6. The maximum Gasteiger partial charge on any atom is 0.179 e. The van der Waals surface area contributed by atoms with Gasteiger partial charge < -0.3 is 20.5 Å². The molecule has 47 heavy (non-hydrogen) atoms. The Labute approximate surface area is 278 Å². The van der Waals surface area contributed by atoms with E-state index in [2.05, 4.69) is 40.5 Å². The lowest BCUT2D eigenvalue weighted by atomic mass is 10.2. The zero-order valence-electron chi connectivity index (χ0n) is 25.1. The van der Waals surface area contributed by atoms with Gasteiger partial charge in [0, 0.05) is 46.2 Å². The largest absolute Gasteiger partial charge is 0.503 e. The molecule has 6 aromatic rings. The molecule has 4 aromatic heterocycles. The lowest BCUT2D eigenvalue weighted by Gasteiger charge is -2.13. The number of aromatic nitrogens is 6. The van der Waals surface area contributed by atoms with E-state index in [0.29, 0.717) is 21.6 Å². The molecule has 0 radical (unpaired) electrons. The quantitative estimate of drug-likeness (QED) is 0.151. The van der Waals surface area contributed by atoms with E-state index in [1.165, 1.54) is 55.9 Å². The van der Waals surface area contributed by atoms with Crippen molar-refractivity contribution >= 4 is 46.2 Å². The predicted octanol–water partition coefficient (Wildman–Crippen LogP) is 8.48. The van der Waals surface area contributed by atoms with Crippen LogP contribution >= 0.6 is 23.2 Å². The van der Waals surface area contributed by atoms with Gasteiger partial charge in [0.25, 0.3) is 0 Å². The van der Waals surface area contributed by atoms with Gasteiger partial charge in [-0.05, 0) is 73.5 Å². The summed E-state index contributed by atoms with van der Waals surface area (Å²) < 4.78 is 33.3. The normalized spacial score (nSPS) is 10.5. The first kappa shape index (κ1) is 32.9. The molecule has 14 heteroatoms. The van der Waals surface area contributed by atoms with Crippen LogP contribution in [0.5, 0.6) is 11.5 Å². The molecule has 6 rings (SSSR count). The molecule has 0 aliphatic carbocycles. The smallest absolute Gasteiger partial charge is 0.179 e. The Morgan fingerprint density at radius 2 is 1.17 bits per heavy atom. The Kier molecular flexibility index (Phi) is 10.3. The van der Waals surface area contributed by atoms with E-state index in [-0.39, 0.29) is 34.3 Å². The number of anilines is 4. The lowest BCUT2D eigenvalue weighted by molar-refractivity contribution is 0.413. The zero-order chi connectivity index (χ0) is 33.5. The summed E-state index contributed by atoms with van der Waals surface area (Å²) in [4.78, 5) is 24.7. The number of halogens is 4. The SMILES string of the molecule is COc1cnc(-c2cc(Cl)ccc2F)nc1Nc1ccncc1C.Cc1cnccc1Nc1nc(-c2cc(Cl)ccc2F)ncc1O. The first-order chi connectivity index (χ1) is 22.6. The summed E-state index contributed by atoms with van der Waals surface area (Å²) >= 11 is 11.8. The summed E-state index contributed by atoms with van der Waals surface area (Å²) in [7, 11) is 1.52. The van der Waals surface area contributed by atoms with Crippen molar-refractivity contribution in [2.24, 2.45) is 0 Å². The predicted molar refractivity (Wildman–Crippen MR) is 178 cm³/mol. The van der Waals surface area contributed by atoms with Crippen LogP contribution in [0.4, 0.5) is 31.8 Å². The van der Waals surface area contributed by atoms with Crippen LogP contribution in [-0.4, -0.2) is 42.1 Å². The molecular weight excluding hydrogens is 649 g/mol. The topological polar surface area (TPSA) is 131 Å². The minimum Gasteiger partial charge on any atom is -0.503 e. The summed E-state index contributed by atoms with van der Waals surface area (Å²) in [6.45, 7) is 3.78. The van der Waals surface area contributed by atoms with Crippen molar-refractivity contribution in [3.05, 3.63) is 119 Å². The van der Waals surface area contributed by atoms with E-state index < -0.39 is 11.6 Å². The van der Waals surface area contributed by atoms with Gasteiger partial charge in [-0.2, -0.15) is 0 Å². The number of nitrogens with one attached hydrogen (secondary N) is 2. The first-order valence-corrected chi connectivity index (χ1v) is 14.6. The first-order valence-electron chi connectivity index (χ1n) is 13.9. The number of methoxy groups -OCH3 is 1. The van der Waals surface area contributed by atoms with Crippen LogP contribution in [0, 0.1) is 25.5 Å². The number of hydrogen-bond acceptors (Lipinski definition) is 10. The molecule has 0 aliphatic rings. The highest BCUT2D eigenvalue weighted by Gasteiger charge is 2.15. The fraction of sp³-hybridized carbons (Fsp3) is 0.0909. The molecule has 0 unspecified atom stereocenters. The van der Waals surface area contributed by atoms with Crippen LogP contribution < -0.4 is 15.4 Å². The van der Waals surface area contributed by atoms with E-state index in [1.807, 2.05) is 19.9 Å². The van der Waals surface area contributed by atoms with Gasteiger partial charge in [-0.25, -0.2) is 28.7 Å². The summed E-state index contributed by atoms with van der Waals surface area (Å²) in [5, 5.41) is 16.9. The minimum absolute atomic E-state index is 0.122. The molecule has 0 bridgehead atoms. The highest BCUT2D eigenvalue weighted by Crippen LogP contribution is 2.31.